The zero-order chi connectivity index (χ0) is 18.0. The van der Waals surface area contributed by atoms with Crippen LogP contribution >= 0.6 is 0 Å². The Morgan fingerprint density at radius 1 is 1.16 bits per heavy atom. The standard InChI is InChI=1S/C20H27NO4/c1-14-3-5-17(6-4-14)20(7-9-25-10-8-20)19(24)21-12-15(2)11-16(13-21)18(22)23/h3-6,15-16H,7-13H2,1-2H3,(H,22,23). The number of hydrogen-bond donors (Lipinski definition) is 1. The second-order valence-electron chi connectivity index (χ2n) is 7.65. The summed E-state index contributed by atoms with van der Waals surface area (Å²) < 4.78 is 5.52. The minimum atomic E-state index is -0.805. The molecule has 0 aromatic heterocycles. The molecular weight excluding hydrogens is 318 g/mol. The van der Waals surface area contributed by atoms with Crippen LogP contribution in [-0.4, -0.2) is 48.2 Å². The van der Waals surface area contributed by atoms with Crippen molar-refractivity contribution in [3.63, 3.8) is 0 Å². The zero-order valence-electron chi connectivity index (χ0n) is 15.0. The first-order chi connectivity index (χ1) is 11.9. The molecular formula is C20H27NO4. The maximum absolute atomic E-state index is 13.6. The van der Waals surface area contributed by atoms with E-state index >= 15 is 0 Å². The highest BCUT2D eigenvalue weighted by Gasteiger charge is 2.46. The lowest BCUT2D eigenvalue weighted by Gasteiger charge is -2.43. The van der Waals surface area contributed by atoms with E-state index in [9.17, 15) is 14.7 Å². The molecule has 2 heterocycles. The van der Waals surface area contributed by atoms with Gasteiger partial charge in [-0.3, -0.25) is 9.59 Å². The molecule has 0 radical (unpaired) electrons. The van der Waals surface area contributed by atoms with Crippen molar-refractivity contribution >= 4 is 11.9 Å². The number of carbonyl (C=O) groups excluding carboxylic acids is 1. The molecule has 2 saturated heterocycles. The Hall–Kier alpha value is -1.88. The van der Waals surface area contributed by atoms with Crippen molar-refractivity contribution in [2.75, 3.05) is 26.3 Å². The van der Waals surface area contributed by atoms with Crippen molar-refractivity contribution in [3.8, 4) is 0 Å². The van der Waals surface area contributed by atoms with Crippen molar-refractivity contribution in [2.24, 2.45) is 11.8 Å². The summed E-state index contributed by atoms with van der Waals surface area (Å²) in [6, 6.07) is 8.17. The minimum Gasteiger partial charge on any atom is -0.481 e. The summed E-state index contributed by atoms with van der Waals surface area (Å²) in [5, 5.41) is 9.42. The van der Waals surface area contributed by atoms with Gasteiger partial charge in [-0.05, 0) is 37.7 Å². The van der Waals surface area contributed by atoms with Crippen molar-refractivity contribution in [1.82, 2.24) is 4.90 Å². The van der Waals surface area contributed by atoms with Gasteiger partial charge in [-0.1, -0.05) is 36.8 Å². The number of nitrogens with zero attached hydrogens (tertiary/aromatic N) is 1. The first kappa shape index (κ1) is 17.9. The van der Waals surface area contributed by atoms with Gasteiger partial charge in [0.25, 0.3) is 0 Å². The monoisotopic (exact) mass is 345 g/mol. The molecule has 1 aromatic carbocycles. The molecule has 0 bridgehead atoms. The van der Waals surface area contributed by atoms with Gasteiger partial charge in [0.2, 0.25) is 5.91 Å². The highest BCUT2D eigenvalue weighted by Crippen LogP contribution is 2.38. The van der Waals surface area contributed by atoms with Crippen molar-refractivity contribution in [1.29, 1.82) is 0 Å². The Morgan fingerprint density at radius 3 is 2.40 bits per heavy atom. The predicted octanol–water partition coefficient (Wildman–Crippen LogP) is 2.61. The Morgan fingerprint density at radius 2 is 1.80 bits per heavy atom. The fourth-order valence-corrected chi connectivity index (χ4v) is 4.22. The SMILES string of the molecule is Cc1ccc(C2(C(=O)N3CC(C)CC(C(=O)O)C3)CCOCC2)cc1. The number of rotatable bonds is 3. The number of carbonyl (C=O) groups is 2. The maximum Gasteiger partial charge on any atom is 0.308 e. The third-order valence-corrected chi connectivity index (χ3v) is 5.66. The number of aryl methyl sites for hydroxylation is 1. The molecule has 0 saturated carbocycles. The molecule has 25 heavy (non-hydrogen) atoms. The third-order valence-electron chi connectivity index (χ3n) is 5.66. The first-order valence-electron chi connectivity index (χ1n) is 9.09. The molecule has 136 valence electrons. The van der Waals surface area contributed by atoms with Crippen LogP contribution in [0.15, 0.2) is 24.3 Å². The highest BCUT2D eigenvalue weighted by molar-refractivity contribution is 5.89. The molecule has 2 unspecified atom stereocenters. The quantitative estimate of drug-likeness (QED) is 0.914. The molecule has 0 aliphatic carbocycles. The number of amides is 1. The Labute approximate surface area is 149 Å². The van der Waals surface area contributed by atoms with Crippen molar-refractivity contribution in [3.05, 3.63) is 35.4 Å². The number of piperidine rings is 1. The predicted molar refractivity (Wildman–Crippen MR) is 94.4 cm³/mol. The lowest BCUT2D eigenvalue weighted by Crippen LogP contribution is -2.54. The van der Waals surface area contributed by atoms with E-state index in [4.69, 9.17) is 4.74 Å². The van der Waals surface area contributed by atoms with Crippen LogP contribution in [0.3, 0.4) is 0 Å². The summed E-state index contributed by atoms with van der Waals surface area (Å²) in [5.41, 5.74) is 1.60. The van der Waals surface area contributed by atoms with Gasteiger partial charge in [-0.25, -0.2) is 0 Å². The molecule has 1 amide bonds. The number of carboxylic acid groups (broad SMARTS) is 1. The van der Waals surface area contributed by atoms with E-state index in [1.54, 1.807) is 4.90 Å². The molecule has 1 aromatic rings. The van der Waals surface area contributed by atoms with Crippen molar-refractivity contribution in [2.45, 2.75) is 38.5 Å². The van der Waals surface area contributed by atoms with Gasteiger partial charge in [-0.15, -0.1) is 0 Å². The second-order valence-corrected chi connectivity index (χ2v) is 7.65. The van der Waals surface area contributed by atoms with E-state index in [1.807, 2.05) is 38.1 Å². The molecule has 1 N–H and O–H groups in total. The summed E-state index contributed by atoms with van der Waals surface area (Å²) in [7, 11) is 0. The molecule has 2 aliphatic heterocycles. The normalized spacial score (nSPS) is 26.2. The Balaban J connectivity index is 1.91. The summed E-state index contributed by atoms with van der Waals surface area (Å²) in [6.45, 7) is 6.13. The molecule has 5 heteroatoms. The molecule has 2 aliphatic rings. The van der Waals surface area contributed by atoms with Gasteiger partial charge in [0.1, 0.15) is 0 Å². The maximum atomic E-state index is 13.6. The number of likely N-dealkylation sites (tertiary alicyclic amines) is 1. The van der Waals surface area contributed by atoms with Gasteiger partial charge in [-0.2, -0.15) is 0 Å². The van der Waals surface area contributed by atoms with Gasteiger partial charge in [0.15, 0.2) is 0 Å². The van der Waals surface area contributed by atoms with E-state index in [0.29, 0.717) is 45.6 Å². The number of aliphatic carboxylic acids is 1. The van der Waals surface area contributed by atoms with Crippen LogP contribution in [0.2, 0.25) is 0 Å². The van der Waals surface area contributed by atoms with E-state index in [2.05, 4.69) is 0 Å². The van der Waals surface area contributed by atoms with Crippen LogP contribution in [0.4, 0.5) is 0 Å². The molecule has 2 fully saturated rings. The van der Waals surface area contributed by atoms with E-state index in [0.717, 1.165) is 11.1 Å². The lowest BCUT2D eigenvalue weighted by molar-refractivity contribution is -0.150. The van der Waals surface area contributed by atoms with E-state index < -0.39 is 17.3 Å². The van der Waals surface area contributed by atoms with Gasteiger partial charge in [0.05, 0.1) is 11.3 Å². The van der Waals surface area contributed by atoms with Gasteiger partial charge in [0, 0.05) is 26.3 Å². The van der Waals surface area contributed by atoms with Gasteiger partial charge < -0.3 is 14.7 Å². The average molecular weight is 345 g/mol. The summed E-state index contributed by atoms with van der Waals surface area (Å²) in [4.78, 5) is 26.8. The molecule has 5 nitrogen and oxygen atoms in total. The Kier molecular flexibility index (Phi) is 5.13. The lowest BCUT2D eigenvalue weighted by atomic mass is 9.72. The molecule has 3 rings (SSSR count). The van der Waals surface area contributed by atoms with Gasteiger partial charge >= 0.3 is 5.97 Å². The third kappa shape index (κ3) is 3.56. The summed E-state index contributed by atoms with van der Waals surface area (Å²) >= 11 is 0. The largest absolute Gasteiger partial charge is 0.481 e. The highest BCUT2D eigenvalue weighted by atomic mass is 16.5. The van der Waals surface area contributed by atoms with E-state index in [-0.39, 0.29) is 11.8 Å². The number of ether oxygens (including phenoxy) is 1. The number of benzene rings is 1. The minimum absolute atomic E-state index is 0.0671. The second kappa shape index (κ2) is 7.16. The van der Waals surface area contributed by atoms with Crippen LogP contribution in [0.5, 0.6) is 0 Å². The topological polar surface area (TPSA) is 66.8 Å². The van der Waals surface area contributed by atoms with E-state index in [1.165, 1.54) is 0 Å². The molecule has 2 atom stereocenters. The van der Waals surface area contributed by atoms with Crippen LogP contribution in [0, 0.1) is 18.8 Å². The van der Waals surface area contributed by atoms with Crippen LogP contribution in [-0.2, 0) is 19.7 Å². The van der Waals surface area contributed by atoms with Crippen molar-refractivity contribution < 1.29 is 19.4 Å². The average Bonchev–Trinajstić information content (AvgIpc) is 2.61. The fourth-order valence-electron chi connectivity index (χ4n) is 4.22. The summed E-state index contributed by atoms with van der Waals surface area (Å²) in [5.74, 6) is -1.01. The fraction of sp³-hybridized carbons (Fsp3) is 0.600. The Bertz CT molecular complexity index is 634. The zero-order valence-corrected chi connectivity index (χ0v) is 15.0. The van der Waals surface area contributed by atoms with Crippen LogP contribution in [0.25, 0.3) is 0 Å². The van der Waals surface area contributed by atoms with Crippen LogP contribution < -0.4 is 0 Å². The molecule has 0 spiro atoms. The summed E-state index contributed by atoms with van der Waals surface area (Å²) in [6.07, 6.45) is 1.94. The number of carboxylic acids is 1. The first-order valence-corrected chi connectivity index (χ1v) is 9.09. The number of hydrogen-bond acceptors (Lipinski definition) is 3. The van der Waals surface area contributed by atoms with Crippen LogP contribution in [0.1, 0.15) is 37.3 Å². The smallest absolute Gasteiger partial charge is 0.308 e.